The molecule has 0 heterocycles. The van der Waals surface area contributed by atoms with Gasteiger partial charge in [0.2, 0.25) is 0 Å². The van der Waals surface area contributed by atoms with Crippen LogP contribution in [0.25, 0.3) is 22.3 Å². The van der Waals surface area contributed by atoms with E-state index in [1.165, 1.54) is 11.1 Å². The summed E-state index contributed by atoms with van der Waals surface area (Å²) >= 11 is 0. The summed E-state index contributed by atoms with van der Waals surface area (Å²) in [6.45, 7) is 0. The van der Waals surface area contributed by atoms with Crippen LogP contribution in [0, 0.1) is 11.3 Å². The summed E-state index contributed by atoms with van der Waals surface area (Å²) in [6, 6.07) is 24.4. The van der Waals surface area contributed by atoms with Crippen LogP contribution in [0.4, 0.5) is 0 Å². The van der Waals surface area contributed by atoms with Crippen molar-refractivity contribution in [3.05, 3.63) is 72.3 Å². The highest BCUT2D eigenvalue weighted by molar-refractivity contribution is 5.88. The van der Waals surface area contributed by atoms with Crippen molar-refractivity contribution in [2.75, 3.05) is 0 Å². The molecule has 0 radical (unpaired) electrons. The second-order valence-electron chi connectivity index (χ2n) is 4.18. The molecule has 0 aliphatic heterocycles. The van der Waals surface area contributed by atoms with Gasteiger partial charge in [-0.05, 0) is 22.8 Å². The van der Waals surface area contributed by atoms with Gasteiger partial charge in [0.1, 0.15) is 0 Å². The maximum Gasteiger partial charge on any atom is 0.0998 e. The third-order valence-corrected chi connectivity index (χ3v) is 3.13. The molecule has 0 fully saturated rings. The predicted molar refractivity (Wildman–Crippen MR) is 73.2 cm³/mol. The fourth-order valence-corrected chi connectivity index (χ4v) is 2.27. The first kappa shape index (κ1) is 10.6. The van der Waals surface area contributed by atoms with Gasteiger partial charge in [-0.2, -0.15) is 5.26 Å². The SMILES string of the molecule is N#Cc1ccccc1-c1ccc2cccccc1-2. The summed E-state index contributed by atoms with van der Waals surface area (Å²) < 4.78 is 0. The summed E-state index contributed by atoms with van der Waals surface area (Å²) in [5.41, 5.74) is 5.22. The quantitative estimate of drug-likeness (QED) is 0.609. The van der Waals surface area contributed by atoms with Crippen LogP contribution in [-0.4, -0.2) is 0 Å². The molecule has 0 bridgehead atoms. The molecule has 0 atom stereocenters. The zero-order chi connectivity index (χ0) is 12.4. The van der Waals surface area contributed by atoms with E-state index in [9.17, 15) is 5.26 Å². The molecular weight excluding hydrogens is 218 g/mol. The third-order valence-electron chi connectivity index (χ3n) is 3.13. The Morgan fingerprint density at radius 2 is 1.33 bits per heavy atom. The van der Waals surface area contributed by atoms with Crippen molar-refractivity contribution in [1.29, 1.82) is 5.26 Å². The average Bonchev–Trinajstić information content (AvgIpc) is 2.67. The molecule has 1 aromatic rings. The number of rotatable bonds is 1. The minimum atomic E-state index is 0.719. The van der Waals surface area contributed by atoms with Crippen molar-refractivity contribution in [3.63, 3.8) is 0 Å². The lowest BCUT2D eigenvalue weighted by atomic mass is 9.98. The number of nitrogens with zero attached hydrogens (tertiary/aromatic N) is 1. The molecule has 2 aliphatic rings. The van der Waals surface area contributed by atoms with Crippen LogP contribution in [-0.2, 0) is 0 Å². The fraction of sp³-hybridized carbons (Fsp3) is 0. The highest BCUT2D eigenvalue weighted by atomic mass is 14.2. The maximum atomic E-state index is 9.19. The molecule has 0 spiro atoms. The van der Waals surface area contributed by atoms with Gasteiger partial charge in [-0.1, -0.05) is 60.7 Å². The number of hydrogen-bond donors (Lipinski definition) is 0. The van der Waals surface area contributed by atoms with Crippen molar-refractivity contribution < 1.29 is 0 Å². The van der Waals surface area contributed by atoms with E-state index in [0.717, 1.165) is 16.7 Å². The highest BCUT2D eigenvalue weighted by Gasteiger charge is 2.12. The molecule has 0 unspecified atom stereocenters. The van der Waals surface area contributed by atoms with Crippen molar-refractivity contribution in [2.45, 2.75) is 0 Å². The summed E-state index contributed by atoms with van der Waals surface area (Å²) in [6.07, 6.45) is 0. The zero-order valence-electron chi connectivity index (χ0n) is 9.80. The molecule has 0 N–H and O–H groups in total. The molecule has 3 rings (SSSR count). The maximum absolute atomic E-state index is 9.19. The topological polar surface area (TPSA) is 23.8 Å². The largest absolute Gasteiger partial charge is 0.192 e. The summed E-state index contributed by atoms with van der Waals surface area (Å²) in [4.78, 5) is 0. The van der Waals surface area contributed by atoms with Crippen LogP contribution in [0.1, 0.15) is 5.56 Å². The Morgan fingerprint density at radius 3 is 2.22 bits per heavy atom. The fourth-order valence-electron chi connectivity index (χ4n) is 2.27. The van der Waals surface area contributed by atoms with Gasteiger partial charge in [0.15, 0.2) is 0 Å². The van der Waals surface area contributed by atoms with Crippen molar-refractivity contribution in [3.8, 4) is 28.3 Å². The lowest BCUT2D eigenvalue weighted by Crippen LogP contribution is -1.82. The molecule has 84 valence electrons. The molecule has 18 heavy (non-hydrogen) atoms. The first-order chi connectivity index (χ1) is 8.90. The van der Waals surface area contributed by atoms with Crippen LogP contribution < -0.4 is 0 Å². The molecule has 1 heteroatoms. The Hall–Kier alpha value is -2.59. The summed E-state index contributed by atoms with van der Waals surface area (Å²) in [5, 5.41) is 9.19. The Bertz CT molecular complexity index is 707. The normalized spacial score (nSPS) is 10.2. The number of hydrogen-bond acceptors (Lipinski definition) is 1. The molecule has 2 aliphatic carbocycles. The van der Waals surface area contributed by atoms with Crippen LogP contribution in [0.15, 0.2) is 66.7 Å². The molecule has 1 aromatic carbocycles. The van der Waals surface area contributed by atoms with Gasteiger partial charge in [0.05, 0.1) is 11.6 Å². The van der Waals surface area contributed by atoms with Crippen LogP contribution in [0.2, 0.25) is 0 Å². The molecule has 1 nitrogen and oxygen atoms in total. The number of benzene rings is 1. The van der Waals surface area contributed by atoms with Gasteiger partial charge in [0.25, 0.3) is 0 Å². The lowest BCUT2D eigenvalue weighted by Gasteiger charge is -2.04. The Morgan fingerprint density at radius 1 is 0.611 bits per heavy atom. The van der Waals surface area contributed by atoms with E-state index in [-0.39, 0.29) is 0 Å². The van der Waals surface area contributed by atoms with Crippen molar-refractivity contribution in [1.82, 2.24) is 0 Å². The standard InChI is InChI=1S/C17H11N/c18-12-14-7-4-5-9-16(14)17-11-10-13-6-2-1-3-8-15(13)17/h1-11H. The first-order valence-corrected chi connectivity index (χ1v) is 5.87. The number of fused-ring (bicyclic) bond motifs is 1. The lowest BCUT2D eigenvalue weighted by molar-refractivity contribution is 1.48. The van der Waals surface area contributed by atoms with Crippen molar-refractivity contribution in [2.24, 2.45) is 0 Å². The minimum Gasteiger partial charge on any atom is -0.192 e. The molecule has 0 aromatic heterocycles. The van der Waals surface area contributed by atoms with E-state index in [1.807, 2.05) is 42.5 Å². The Balaban J connectivity index is 2.27. The summed E-state index contributed by atoms with van der Waals surface area (Å²) in [5.74, 6) is 0. The average molecular weight is 229 g/mol. The van der Waals surface area contributed by atoms with Crippen LogP contribution in [0.5, 0.6) is 0 Å². The van der Waals surface area contributed by atoms with Gasteiger partial charge in [-0.15, -0.1) is 0 Å². The van der Waals surface area contributed by atoms with Gasteiger partial charge >= 0.3 is 0 Å². The van der Waals surface area contributed by atoms with E-state index in [2.05, 4.69) is 30.3 Å². The highest BCUT2D eigenvalue weighted by Crippen LogP contribution is 2.36. The molecule has 0 saturated carbocycles. The first-order valence-electron chi connectivity index (χ1n) is 5.87. The van der Waals surface area contributed by atoms with Gasteiger partial charge in [0, 0.05) is 5.56 Å². The van der Waals surface area contributed by atoms with E-state index < -0.39 is 0 Å². The van der Waals surface area contributed by atoms with E-state index in [0.29, 0.717) is 0 Å². The zero-order valence-corrected chi connectivity index (χ0v) is 9.80. The molecule has 0 saturated heterocycles. The van der Waals surface area contributed by atoms with Crippen LogP contribution >= 0.6 is 0 Å². The smallest absolute Gasteiger partial charge is 0.0998 e. The predicted octanol–water partition coefficient (Wildman–Crippen LogP) is 4.33. The van der Waals surface area contributed by atoms with Gasteiger partial charge < -0.3 is 0 Å². The second kappa shape index (κ2) is 4.35. The Kier molecular flexibility index (Phi) is 2.55. The molecule has 0 amide bonds. The monoisotopic (exact) mass is 229 g/mol. The Labute approximate surface area is 106 Å². The van der Waals surface area contributed by atoms with E-state index in [4.69, 9.17) is 0 Å². The van der Waals surface area contributed by atoms with Gasteiger partial charge in [-0.25, -0.2) is 0 Å². The summed E-state index contributed by atoms with van der Waals surface area (Å²) in [7, 11) is 0. The number of nitriles is 1. The third kappa shape index (κ3) is 1.65. The molecular formula is C17H11N. The van der Waals surface area contributed by atoms with Crippen molar-refractivity contribution >= 4 is 0 Å². The van der Waals surface area contributed by atoms with Crippen LogP contribution in [0.3, 0.4) is 0 Å². The second-order valence-corrected chi connectivity index (χ2v) is 4.18. The minimum absolute atomic E-state index is 0.719. The van der Waals surface area contributed by atoms with E-state index >= 15 is 0 Å². The van der Waals surface area contributed by atoms with Gasteiger partial charge in [-0.3, -0.25) is 0 Å². The van der Waals surface area contributed by atoms with E-state index in [1.54, 1.807) is 0 Å².